The second-order valence-corrected chi connectivity index (χ2v) is 6.24. The van der Waals surface area contributed by atoms with Crippen LogP contribution in [0.1, 0.15) is 22.5 Å². The predicted molar refractivity (Wildman–Crippen MR) is 87.7 cm³/mol. The molecule has 0 aliphatic rings. The maximum Gasteiger partial charge on any atom is 0.191 e. The number of rotatable bonds is 6. The first-order chi connectivity index (χ1) is 9.81. The standard InChI is InChI=1S/C14H20N4S2/c1-3-13-18-11(10-20-13)9-17-14(15-2)16-7-6-12-5-4-8-19-12/h4-5,8,10H,3,6-7,9H2,1-2H3,(H2,15,16,17). The summed E-state index contributed by atoms with van der Waals surface area (Å²) in [5.41, 5.74) is 1.08. The van der Waals surface area contributed by atoms with Crippen LogP contribution in [0.2, 0.25) is 0 Å². The molecule has 0 spiro atoms. The van der Waals surface area contributed by atoms with Crippen LogP contribution < -0.4 is 10.6 Å². The minimum absolute atomic E-state index is 0.717. The van der Waals surface area contributed by atoms with E-state index in [1.807, 2.05) is 0 Å². The third kappa shape index (κ3) is 4.61. The molecule has 108 valence electrons. The summed E-state index contributed by atoms with van der Waals surface area (Å²) in [5, 5.41) is 12.0. The van der Waals surface area contributed by atoms with Crippen LogP contribution in [0.4, 0.5) is 0 Å². The quantitative estimate of drug-likeness (QED) is 0.637. The van der Waals surface area contributed by atoms with Crippen molar-refractivity contribution in [1.29, 1.82) is 0 Å². The Morgan fingerprint density at radius 3 is 2.90 bits per heavy atom. The summed E-state index contributed by atoms with van der Waals surface area (Å²) in [6.45, 7) is 3.73. The van der Waals surface area contributed by atoms with E-state index in [2.05, 4.69) is 50.4 Å². The van der Waals surface area contributed by atoms with Gasteiger partial charge < -0.3 is 10.6 Å². The lowest BCUT2D eigenvalue weighted by Crippen LogP contribution is -2.37. The molecule has 0 fully saturated rings. The van der Waals surface area contributed by atoms with Gasteiger partial charge in [-0.15, -0.1) is 22.7 Å². The van der Waals surface area contributed by atoms with Gasteiger partial charge in [0.05, 0.1) is 17.2 Å². The molecule has 2 aromatic rings. The molecule has 0 aliphatic heterocycles. The highest BCUT2D eigenvalue weighted by Crippen LogP contribution is 2.10. The van der Waals surface area contributed by atoms with Crippen LogP contribution in [0.5, 0.6) is 0 Å². The smallest absolute Gasteiger partial charge is 0.191 e. The van der Waals surface area contributed by atoms with Crippen molar-refractivity contribution in [3.05, 3.63) is 38.5 Å². The van der Waals surface area contributed by atoms with E-state index in [9.17, 15) is 0 Å². The van der Waals surface area contributed by atoms with Gasteiger partial charge in [0.1, 0.15) is 0 Å². The van der Waals surface area contributed by atoms with Crippen LogP contribution in [-0.2, 0) is 19.4 Å². The molecule has 0 saturated heterocycles. The van der Waals surface area contributed by atoms with Crippen molar-refractivity contribution in [2.75, 3.05) is 13.6 Å². The number of guanidine groups is 1. The molecule has 0 unspecified atom stereocenters. The lowest BCUT2D eigenvalue weighted by molar-refractivity contribution is 0.787. The SMILES string of the molecule is CCc1nc(CNC(=NC)NCCc2cccs2)cs1. The summed E-state index contributed by atoms with van der Waals surface area (Å²) >= 11 is 3.50. The lowest BCUT2D eigenvalue weighted by atomic mass is 10.3. The van der Waals surface area contributed by atoms with Gasteiger partial charge in [-0.2, -0.15) is 0 Å². The van der Waals surface area contributed by atoms with Crippen molar-refractivity contribution in [1.82, 2.24) is 15.6 Å². The summed E-state index contributed by atoms with van der Waals surface area (Å²) in [7, 11) is 1.79. The van der Waals surface area contributed by atoms with E-state index >= 15 is 0 Å². The van der Waals surface area contributed by atoms with Gasteiger partial charge >= 0.3 is 0 Å². The number of aliphatic imine (C=N–C) groups is 1. The minimum atomic E-state index is 0.717. The number of hydrogen-bond donors (Lipinski definition) is 2. The first-order valence-electron chi connectivity index (χ1n) is 6.72. The molecule has 0 aliphatic carbocycles. The molecule has 0 bridgehead atoms. The zero-order valence-electron chi connectivity index (χ0n) is 11.8. The topological polar surface area (TPSA) is 49.3 Å². The molecule has 4 nitrogen and oxygen atoms in total. The lowest BCUT2D eigenvalue weighted by Gasteiger charge is -2.10. The van der Waals surface area contributed by atoms with Crippen molar-refractivity contribution in [3.63, 3.8) is 0 Å². The molecular weight excluding hydrogens is 288 g/mol. The molecule has 2 heterocycles. The average molecular weight is 308 g/mol. The summed E-state index contributed by atoms with van der Waals surface area (Å²) in [6, 6.07) is 4.24. The fourth-order valence-electron chi connectivity index (χ4n) is 1.75. The molecule has 2 rings (SSSR count). The Hall–Kier alpha value is -1.40. The number of nitrogens with one attached hydrogen (secondary N) is 2. The van der Waals surface area contributed by atoms with Crippen LogP contribution in [0, 0.1) is 0 Å². The van der Waals surface area contributed by atoms with Crippen molar-refractivity contribution in [2.45, 2.75) is 26.3 Å². The molecular formula is C14H20N4S2. The van der Waals surface area contributed by atoms with Gasteiger partial charge in [-0.1, -0.05) is 13.0 Å². The summed E-state index contributed by atoms with van der Waals surface area (Å²) in [4.78, 5) is 10.1. The summed E-state index contributed by atoms with van der Waals surface area (Å²) in [6.07, 6.45) is 2.02. The second-order valence-electron chi connectivity index (χ2n) is 4.27. The van der Waals surface area contributed by atoms with E-state index in [0.29, 0.717) is 0 Å². The van der Waals surface area contributed by atoms with Gasteiger partial charge in [0.2, 0.25) is 0 Å². The van der Waals surface area contributed by atoms with E-state index in [-0.39, 0.29) is 0 Å². The van der Waals surface area contributed by atoms with E-state index in [1.165, 1.54) is 9.88 Å². The van der Waals surface area contributed by atoms with E-state index in [4.69, 9.17) is 0 Å². The third-order valence-corrected chi connectivity index (χ3v) is 4.78. The molecule has 0 radical (unpaired) electrons. The Balaban J connectivity index is 1.72. The van der Waals surface area contributed by atoms with Gasteiger partial charge in [-0.05, 0) is 24.3 Å². The van der Waals surface area contributed by atoms with Crippen molar-refractivity contribution in [3.8, 4) is 0 Å². The van der Waals surface area contributed by atoms with E-state index in [1.54, 1.807) is 29.7 Å². The zero-order valence-corrected chi connectivity index (χ0v) is 13.5. The number of thiophene rings is 1. The number of aromatic nitrogens is 1. The maximum absolute atomic E-state index is 4.53. The van der Waals surface area contributed by atoms with Crippen molar-refractivity contribution < 1.29 is 0 Å². The molecule has 2 aromatic heterocycles. The molecule has 0 amide bonds. The Kier molecular flexibility index (Phi) is 6.01. The third-order valence-electron chi connectivity index (χ3n) is 2.81. The van der Waals surface area contributed by atoms with Gasteiger partial charge in [0.15, 0.2) is 5.96 Å². The zero-order chi connectivity index (χ0) is 14.2. The Labute approximate surface area is 128 Å². The predicted octanol–water partition coefficient (Wildman–Crippen LogP) is 2.67. The highest BCUT2D eigenvalue weighted by molar-refractivity contribution is 7.10. The Morgan fingerprint density at radius 2 is 2.25 bits per heavy atom. The molecule has 0 atom stereocenters. The maximum atomic E-state index is 4.53. The fraction of sp³-hybridized carbons (Fsp3) is 0.429. The molecule has 0 aromatic carbocycles. The second kappa shape index (κ2) is 8.01. The molecule has 2 N–H and O–H groups in total. The van der Waals surface area contributed by atoms with E-state index in [0.717, 1.165) is 37.6 Å². The van der Waals surface area contributed by atoms with Gasteiger partial charge in [-0.3, -0.25) is 4.99 Å². The Morgan fingerprint density at radius 1 is 1.35 bits per heavy atom. The number of thiazole rings is 1. The van der Waals surface area contributed by atoms with Crippen LogP contribution in [0.25, 0.3) is 0 Å². The van der Waals surface area contributed by atoms with Crippen LogP contribution in [0.15, 0.2) is 27.9 Å². The fourth-order valence-corrected chi connectivity index (χ4v) is 3.20. The van der Waals surface area contributed by atoms with Gasteiger partial charge in [0, 0.05) is 23.8 Å². The van der Waals surface area contributed by atoms with E-state index < -0.39 is 0 Å². The highest BCUT2D eigenvalue weighted by atomic mass is 32.1. The van der Waals surface area contributed by atoms with Crippen LogP contribution >= 0.6 is 22.7 Å². The molecule has 20 heavy (non-hydrogen) atoms. The van der Waals surface area contributed by atoms with Crippen LogP contribution in [0.3, 0.4) is 0 Å². The van der Waals surface area contributed by atoms with Gasteiger partial charge in [-0.25, -0.2) is 4.98 Å². The molecule has 6 heteroatoms. The largest absolute Gasteiger partial charge is 0.356 e. The Bertz CT molecular complexity index is 531. The highest BCUT2D eigenvalue weighted by Gasteiger charge is 2.02. The molecule has 0 saturated carbocycles. The minimum Gasteiger partial charge on any atom is -0.356 e. The van der Waals surface area contributed by atoms with Crippen molar-refractivity contribution in [2.24, 2.45) is 4.99 Å². The normalized spacial score (nSPS) is 11.6. The first kappa shape index (κ1) is 15.0. The first-order valence-corrected chi connectivity index (χ1v) is 8.48. The van der Waals surface area contributed by atoms with Crippen LogP contribution in [-0.4, -0.2) is 24.5 Å². The monoisotopic (exact) mass is 308 g/mol. The van der Waals surface area contributed by atoms with Gasteiger partial charge in [0.25, 0.3) is 0 Å². The number of aryl methyl sites for hydroxylation is 1. The average Bonchev–Trinajstić information content (AvgIpc) is 3.13. The number of nitrogens with zero attached hydrogens (tertiary/aromatic N) is 2. The number of hydrogen-bond acceptors (Lipinski definition) is 4. The van der Waals surface area contributed by atoms with Crippen molar-refractivity contribution >= 4 is 28.6 Å². The summed E-state index contributed by atoms with van der Waals surface area (Å²) in [5.74, 6) is 0.826. The summed E-state index contributed by atoms with van der Waals surface area (Å²) < 4.78 is 0.